The van der Waals surface area contributed by atoms with Crippen LogP contribution in [0.4, 0.5) is 29.3 Å². The Morgan fingerprint density at radius 1 is 1.04 bits per heavy atom. The van der Waals surface area contributed by atoms with Gasteiger partial charge in [0.2, 0.25) is 11.7 Å². The monoisotopic (exact) mass is 629 g/mol. The van der Waals surface area contributed by atoms with Gasteiger partial charge in [0.25, 0.3) is 5.56 Å². The molecule has 0 radical (unpaired) electrons. The first-order valence-electron chi connectivity index (χ1n) is 14.8. The van der Waals surface area contributed by atoms with E-state index < -0.39 is 35.4 Å². The predicted octanol–water partition coefficient (Wildman–Crippen LogP) is 3.90. The van der Waals surface area contributed by atoms with Crippen molar-refractivity contribution in [1.29, 1.82) is 0 Å². The Morgan fingerprint density at radius 2 is 1.76 bits per heavy atom. The molecule has 45 heavy (non-hydrogen) atoms. The minimum atomic E-state index is -4.50. The number of nitrogens with one attached hydrogen (secondary N) is 1. The van der Waals surface area contributed by atoms with Gasteiger partial charge in [0.05, 0.1) is 24.5 Å². The maximum Gasteiger partial charge on any atom is 0.416 e. The number of carbonyl (C=O) groups is 2. The van der Waals surface area contributed by atoms with Gasteiger partial charge in [-0.15, -0.1) is 5.10 Å². The molecule has 240 valence electrons. The van der Waals surface area contributed by atoms with Gasteiger partial charge in [-0.1, -0.05) is 6.08 Å². The maximum absolute atomic E-state index is 14.0. The lowest BCUT2D eigenvalue weighted by Gasteiger charge is -2.37. The predicted molar refractivity (Wildman–Crippen MR) is 158 cm³/mol. The van der Waals surface area contributed by atoms with E-state index in [1.165, 1.54) is 16.6 Å². The third-order valence-corrected chi connectivity index (χ3v) is 8.01. The number of carbonyl (C=O) groups excluding carboxylic acids is 2. The molecule has 3 aromatic rings. The van der Waals surface area contributed by atoms with Crippen LogP contribution in [-0.4, -0.2) is 81.1 Å². The van der Waals surface area contributed by atoms with Gasteiger partial charge in [-0.3, -0.25) is 14.2 Å². The van der Waals surface area contributed by atoms with Crippen LogP contribution in [0.5, 0.6) is 0 Å². The Morgan fingerprint density at radius 3 is 2.38 bits per heavy atom. The smallest absolute Gasteiger partial charge is 0.416 e. The first-order chi connectivity index (χ1) is 21.3. The lowest BCUT2D eigenvalue weighted by molar-refractivity contribution is -0.137. The van der Waals surface area contributed by atoms with E-state index in [0.717, 1.165) is 17.7 Å². The van der Waals surface area contributed by atoms with Crippen molar-refractivity contribution in [3.8, 4) is 0 Å². The van der Waals surface area contributed by atoms with Gasteiger partial charge in [-0.05, 0) is 69.9 Å². The molecular weight excluding hydrogens is 595 g/mol. The number of alkyl halides is 3. The number of amides is 2. The van der Waals surface area contributed by atoms with E-state index in [-0.39, 0.29) is 17.0 Å². The number of aromatic nitrogens is 4. The molecule has 1 fully saturated rings. The van der Waals surface area contributed by atoms with Crippen LogP contribution in [0, 0.1) is 0 Å². The molecule has 1 aromatic carbocycles. The number of ether oxygens (including phenoxy) is 2. The molecule has 15 heteroatoms. The highest BCUT2D eigenvalue weighted by atomic mass is 19.4. The van der Waals surface area contributed by atoms with Gasteiger partial charge < -0.3 is 24.6 Å². The first kappa shape index (κ1) is 30.6. The van der Waals surface area contributed by atoms with Crippen LogP contribution < -0.4 is 15.8 Å². The number of hydrogen-bond donors (Lipinski definition) is 1. The summed E-state index contributed by atoms with van der Waals surface area (Å²) in [6.07, 6.45) is -1.77. The molecule has 5 heterocycles. The number of hydrogen-bond acceptors (Lipinski definition) is 8. The van der Waals surface area contributed by atoms with Crippen LogP contribution in [0.3, 0.4) is 0 Å². The van der Waals surface area contributed by atoms with Crippen molar-refractivity contribution in [3.05, 3.63) is 57.8 Å². The molecule has 6 rings (SSSR count). The summed E-state index contributed by atoms with van der Waals surface area (Å²) in [7, 11) is 0. The summed E-state index contributed by atoms with van der Waals surface area (Å²) in [5.41, 5.74) is 0.207. The zero-order valence-electron chi connectivity index (χ0n) is 25.2. The van der Waals surface area contributed by atoms with E-state index in [1.807, 2.05) is 11.0 Å². The van der Waals surface area contributed by atoms with Crippen molar-refractivity contribution in [2.75, 3.05) is 49.6 Å². The molecule has 0 unspecified atom stereocenters. The SMILES string of the molecule is CC(C)(C)OC(=O)N1CCN(c2c3n(c4nc(C5=CCOCC5)nn4c2=O)[C@@H](C(=O)Nc2ccc(C(F)(F)F)cc2)CC3)CC1. The van der Waals surface area contributed by atoms with Crippen molar-refractivity contribution in [2.45, 2.75) is 57.9 Å². The van der Waals surface area contributed by atoms with E-state index in [2.05, 4.69) is 10.4 Å². The van der Waals surface area contributed by atoms with Gasteiger partial charge in [-0.2, -0.15) is 22.7 Å². The number of rotatable bonds is 4. The van der Waals surface area contributed by atoms with Crippen molar-refractivity contribution in [2.24, 2.45) is 0 Å². The number of nitrogens with zero attached hydrogens (tertiary/aromatic N) is 6. The van der Waals surface area contributed by atoms with E-state index in [0.29, 0.717) is 75.9 Å². The molecular formula is C30H34F3N7O5. The van der Waals surface area contributed by atoms with Crippen LogP contribution in [0.15, 0.2) is 35.1 Å². The second-order valence-electron chi connectivity index (χ2n) is 12.2. The second kappa shape index (κ2) is 11.5. The zero-order valence-corrected chi connectivity index (χ0v) is 25.2. The van der Waals surface area contributed by atoms with E-state index >= 15 is 0 Å². The molecule has 2 aromatic heterocycles. The summed E-state index contributed by atoms with van der Waals surface area (Å²) in [5, 5.41) is 7.29. The lowest BCUT2D eigenvalue weighted by Crippen LogP contribution is -2.51. The van der Waals surface area contributed by atoms with Crippen molar-refractivity contribution >= 4 is 34.7 Å². The van der Waals surface area contributed by atoms with Gasteiger partial charge in [0.1, 0.15) is 17.3 Å². The second-order valence-corrected chi connectivity index (χ2v) is 12.2. The summed E-state index contributed by atoms with van der Waals surface area (Å²) < 4.78 is 53.0. The van der Waals surface area contributed by atoms with Gasteiger partial charge in [0, 0.05) is 31.9 Å². The Kier molecular flexibility index (Phi) is 7.83. The zero-order chi connectivity index (χ0) is 32.1. The van der Waals surface area contributed by atoms with Crippen LogP contribution >= 0.6 is 0 Å². The van der Waals surface area contributed by atoms with Crippen molar-refractivity contribution in [1.82, 2.24) is 24.1 Å². The van der Waals surface area contributed by atoms with Crippen LogP contribution in [0.2, 0.25) is 0 Å². The number of piperazine rings is 1. The number of benzene rings is 1. The molecule has 3 aliphatic rings. The number of fused-ring (bicyclic) bond motifs is 3. The lowest BCUT2D eigenvalue weighted by atomic mass is 10.1. The number of anilines is 2. The Balaban J connectivity index is 1.35. The minimum absolute atomic E-state index is 0.207. The fraction of sp³-hybridized carbons (Fsp3) is 0.500. The van der Waals surface area contributed by atoms with Crippen LogP contribution in [0.1, 0.15) is 56.7 Å². The molecule has 0 spiro atoms. The molecule has 1 saturated heterocycles. The van der Waals surface area contributed by atoms with Crippen molar-refractivity contribution in [3.63, 3.8) is 0 Å². The molecule has 3 aliphatic heterocycles. The van der Waals surface area contributed by atoms with Gasteiger partial charge in [0.15, 0.2) is 5.82 Å². The highest BCUT2D eigenvalue weighted by Crippen LogP contribution is 2.35. The minimum Gasteiger partial charge on any atom is -0.444 e. The summed E-state index contributed by atoms with van der Waals surface area (Å²) in [6.45, 7) is 7.67. The summed E-state index contributed by atoms with van der Waals surface area (Å²) >= 11 is 0. The summed E-state index contributed by atoms with van der Waals surface area (Å²) in [6, 6.07) is 3.44. The van der Waals surface area contributed by atoms with Crippen molar-refractivity contribution < 1.29 is 32.2 Å². The highest BCUT2D eigenvalue weighted by Gasteiger charge is 2.37. The van der Waals surface area contributed by atoms with E-state index in [9.17, 15) is 27.6 Å². The van der Waals surface area contributed by atoms with Crippen LogP contribution in [0.25, 0.3) is 11.4 Å². The van der Waals surface area contributed by atoms with Gasteiger partial charge in [-0.25, -0.2) is 4.79 Å². The average Bonchev–Trinajstić information content (AvgIpc) is 3.63. The standard InChI is InChI=1S/C30H34F3N7O5/c1-29(2,3)45-28(43)38-14-12-37(13-15-38)23-21-8-9-22(25(41)34-20-6-4-19(5-7-20)30(31,32)33)39(21)27-35-24(36-40(27)26(23)42)18-10-16-44-17-11-18/h4-7,10,22H,8-9,11-17H2,1-3H3,(H,34,41)/t22-/m1/s1. The quantitative estimate of drug-likeness (QED) is 0.461. The number of halogens is 3. The summed E-state index contributed by atoms with van der Waals surface area (Å²) in [4.78, 5) is 48.5. The van der Waals surface area contributed by atoms with E-state index in [4.69, 9.17) is 14.5 Å². The largest absolute Gasteiger partial charge is 0.444 e. The molecule has 0 aliphatic carbocycles. The molecule has 2 amide bonds. The molecule has 0 bridgehead atoms. The van der Waals surface area contributed by atoms with Gasteiger partial charge >= 0.3 is 12.3 Å². The molecule has 0 saturated carbocycles. The Labute approximate surface area is 256 Å². The van der Waals surface area contributed by atoms with Crippen LogP contribution in [-0.2, 0) is 26.9 Å². The topological polar surface area (TPSA) is 123 Å². The third kappa shape index (κ3) is 6.13. The average molecular weight is 630 g/mol. The highest BCUT2D eigenvalue weighted by molar-refractivity contribution is 5.94. The Bertz CT molecular complexity index is 1710. The maximum atomic E-state index is 14.0. The summed E-state index contributed by atoms with van der Waals surface area (Å²) in [5.74, 6) is 0.124. The Hall–Kier alpha value is -4.40. The molecule has 12 nitrogen and oxygen atoms in total. The molecule has 1 N–H and O–H groups in total. The fourth-order valence-corrected chi connectivity index (χ4v) is 5.86. The third-order valence-electron chi connectivity index (χ3n) is 8.01. The molecule has 1 atom stereocenters. The normalized spacial score (nSPS) is 19.0. The fourth-order valence-electron chi connectivity index (χ4n) is 5.86. The first-order valence-corrected chi connectivity index (χ1v) is 14.8. The van der Waals surface area contributed by atoms with E-state index in [1.54, 1.807) is 30.2 Å².